The fourth-order valence-electron chi connectivity index (χ4n) is 1.49. The van der Waals surface area contributed by atoms with E-state index in [1.807, 2.05) is 23.9 Å². The lowest BCUT2D eigenvalue weighted by molar-refractivity contribution is 0.676. The van der Waals surface area contributed by atoms with Gasteiger partial charge in [-0.05, 0) is 18.3 Å². The number of hydrogen-bond donors (Lipinski definition) is 1. The van der Waals surface area contributed by atoms with E-state index < -0.39 is 0 Å². The predicted molar refractivity (Wildman–Crippen MR) is 59.1 cm³/mol. The molecular formula is C9H13N5S. The maximum absolute atomic E-state index is 5.16. The first-order chi connectivity index (χ1) is 7.20. The molecule has 5 nitrogen and oxygen atoms in total. The van der Waals surface area contributed by atoms with Crippen molar-refractivity contribution < 1.29 is 0 Å². The zero-order valence-corrected chi connectivity index (χ0v) is 9.58. The van der Waals surface area contributed by atoms with Crippen LogP contribution in [0, 0.1) is 4.77 Å². The summed E-state index contributed by atoms with van der Waals surface area (Å²) in [4.78, 5) is 0. The van der Waals surface area contributed by atoms with Crippen LogP contribution in [0.2, 0.25) is 0 Å². The minimum absolute atomic E-state index is 0.650. The molecule has 6 heteroatoms. The van der Waals surface area contributed by atoms with Gasteiger partial charge in [0.2, 0.25) is 0 Å². The van der Waals surface area contributed by atoms with E-state index in [4.69, 9.17) is 12.2 Å². The van der Waals surface area contributed by atoms with Gasteiger partial charge in [-0.3, -0.25) is 14.3 Å². The van der Waals surface area contributed by atoms with Crippen LogP contribution in [-0.2, 0) is 20.0 Å². The molecule has 0 amide bonds. The molecule has 0 aliphatic heterocycles. The van der Waals surface area contributed by atoms with Gasteiger partial charge < -0.3 is 0 Å². The third-order valence-electron chi connectivity index (χ3n) is 2.24. The van der Waals surface area contributed by atoms with E-state index >= 15 is 0 Å². The van der Waals surface area contributed by atoms with Crippen molar-refractivity contribution in [1.29, 1.82) is 0 Å². The smallest absolute Gasteiger partial charge is 0.195 e. The molecule has 0 spiro atoms. The summed E-state index contributed by atoms with van der Waals surface area (Å²) >= 11 is 5.16. The summed E-state index contributed by atoms with van der Waals surface area (Å²) in [5.74, 6) is 0.964. The van der Waals surface area contributed by atoms with Crippen molar-refractivity contribution in [3.05, 3.63) is 28.6 Å². The van der Waals surface area contributed by atoms with Gasteiger partial charge >= 0.3 is 0 Å². The van der Waals surface area contributed by atoms with Gasteiger partial charge in [0, 0.05) is 19.7 Å². The fraction of sp³-hybridized carbons (Fsp3) is 0.444. The molecule has 15 heavy (non-hydrogen) atoms. The highest BCUT2D eigenvalue weighted by molar-refractivity contribution is 7.71. The van der Waals surface area contributed by atoms with Gasteiger partial charge in [-0.15, -0.1) is 0 Å². The molecule has 0 saturated heterocycles. The van der Waals surface area contributed by atoms with Gasteiger partial charge in [-0.25, -0.2) is 0 Å². The summed E-state index contributed by atoms with van der Waals surface area (Å²) < 4.78 is 4.40. The summed E-state index contributed by atoms with van der Waals surface area (Å²) in [5.41, 5.74) is 0.990. The fourth-order valence-corrected chi connectivity index (χ4v) is 1.71. The Morgan fingerprint density at radius 3 is 2.93 bits per heavy atom. The van der Waals surface area contributed by atoms with Crippen LogP contribution in [-0.4, -0.2) is 24.5 Å². The van der Waals surface area contributed by atoms with Crippen molar-refractivity contribution >= 4 is 12.2 Å². The van der Waals surface area contributed by atoms with E-state index in [1.165, 1.54) is 0 Å². The third kappa shape index (κ3) is 1.99. The van der Waals surface area contributed by atoms with Crippen LogP contribution in [0.15, 0.2) is 12.3 Å². The topological polar surface area (TPSA) is 51.4 Å². The number of nitrogens with zero attached hydrogens (tertiary/aromatic N) is 4. The monoisotopic (exact) mass is 223 g/mol. The number of H-pyrrole nitrogens is 1. The Morgan fingerprint density at radius 2 is 2.33 bits per heavy atom. The first-order valence-electron chi connectivity index (χ1n) is 4.83. The van der Waals surface area contributed by atoms with Gasteiger partial charge in [-0.1, -0.05) is 6.92 Å². The van der Waals surface area contributed by atoms with Crippen LogP contribution in [0.3, 0.4) is 0 Å². The van der Waals surface area contributed by atoms with Gasteiger partial charge in [0.15, 0.2) is 4.77 Å². The van der Waals surface area contributed by atoms with Gasteiger partial charge in [0.05, 0.1) is 12.2 Å². The van der Waals surface area contributed by atoms with Crippen LogP contribution in [0.4, 0.5) is 0 Å². The maximum Gasteiger partial charge on any atom is 0.195 e. The normalized spacial score (nSPS) is 10.8. The largest absolute Gasteiger partial charge is 0.298 e. The van der Waals surface area contributed by atoms with Crippen LogP contribution in [0.5, 0.6) is 0 Å². The van der Waals surface area contributed by atoms with Crippen molar-refractivity contribution in [2.45, 2.75) is 19.9 Å². The molecule has 0 radical (unpaired) electrons. The Morgan fingerprint density at radius 1 is 1.53 bits per heavy atom. The molecule has 0 saturated carbocycles. The SMILES string of the molecule is CCc1n[nH]c(=S)n1Cc1ccn(C)n1. The lowest BCUT2D eigenvalue weighted by Crippen LogP contribution is -2.05. The second-order valence-electron chi connectivity index (χ2n) is 3.37. The molecule has 0 bridgehead atoms. The molecular weight excluding hydrogens is 210 g/mol. The Kier molecular flexibility index (Phi) is 2.68. The molecule has 0 atom stereocenters. The summed E-state index contributed by atoms with van der Waals surface area (Å²) in [5, 5.41) is 11.3. The van der Waals surface area contributed by atoms with E-state index in [0.29, 0.717) is 11.3 Å². The second-order valence-corrected chi connectivity index (χ2v) is 3.75. The van der Waals surface area contributed by atoms with Crippen LogP contribution < -0.4 is 0 Å². The highest BCUT2D eigenvalue weighted by Crippen LogP contribution is 2.04. The van der Waals surface area contributed by atoms with Crippen molar-refractivity contribution in [3.63, 3.8) is 0 Å². The highest BCUT2D eigenvalue weighted by Gasteiger charge is 2.05. The molecule has 2 aromatic rings. The second kappa shape index (κ2) is 3.98. The number of aromatic amines is 1. The van der Waals surface area contributed by atoms with Crippen LogP contribution >= 0.6 is 12.2 Å². The minimum Gasteiger partial charge on any atom is -0.298 e. The lowest BCUT2D eigenvalue weighted by Gasteiger charge is -2.01. The molecule has 2 rings (SSSR count). The summed E-state index contributed by atoms with van der Waals surface area (Å²) in [7, 11) is 1.90. The molecule has 2 aromatic heterocycles. The van der Waals surface area contributed by atoms with Crippen molar-refractivity contribution in [1.82, 2.24) is 24.5 Å². The zero-order valence-electron chi connectivity index (χ0n) is 8.77. The van der Waals surface area contributed by atoms with Gasteiger partial charge in [0.25, 0.3) is 0 Å². The molecule has 0 aliphatic rings. The van der Waals surface area contributed by atoms with Gasteiger partial charge in [0.1, 0.15) is 5.82 Å². The van der Waals surface area contributed by atoms with Crippen LogP contribution in [0.25, 0.3) is 0 Å². The maximum atomic E-state index is 5.16. The Labute approximate surface area is 92.7 Å². The van der Waals surface area contributed by atoms with Crippen LogP contribution in [0.1, 0.15) is 18.4 Å². The van der Waals surface area contributed by atoms with Crippen molar-refractivity contribution in [2.75, 3.05) is 0 Å². The Bertz CT molecular complexity index is 507. The number of hydrogen-bond acceptors (Lipinski definition) is 3. The van der Waals surface area contributed by atoms with Crippen molar-refractivity contribution in [3.8, 4) is 0 Å². The quantitative estimate of drug-likeness (QED) is 0.798. The molecule has 0 fully saturated rings. The molecule has 80 valence electrons. The Balaban J connectivity index is 2.31. The predicted octanol–water partition coefficient (Wildman–Crippen LogP) is 1.28. The van der Waals surface area contributed by atoms with E-state index in [9.17, 15) is 0 Å². The van der Waals surface area contributed by atoms with Crippen molar-refractivity contribution in [2.24, 2.45) is 7.05 Å². The molecule has 1 N–H and O–H groups in total. The first kappa shape index (κ1) is 10.1. The van der Waals surface area contributed by atoms with E-state index in [2.05, 4.69) is 22.2 Å². The molecule has 0 aromatic carbocycles. The number of rotatable bonds is 3. The third-order valence-corrected chi connectivity index (χ3v) is 2.55. The number of aryl methyl sites for hydroxylation is 2. The molecule has 0 unspecified atom stereocenters. The molecule has 2 heterocycles. The number of aromatic nitrogens is 5. The van der Waals surface area contributed by atoms with E-state index in [-0.39, 0.29) is 0 Å². The average molecular weight is 223 g/mol. The summed E-state index contributed by atoms with van der Waals surface area (Å²) in [6.45, 7) is 2.74. The summed E-state index contributed by atoms with van der Waals surface area (Å²) in [6, 6.07) is 1.98. The van der Waals surface area contributed by atoms with Gasteiger partial charge in [-0.2, -0.15) is 10.2 Å². The van der Waals surface area contributed by atoms with E-state index in [1.54, 1.807) is 4.68 Å². The molecule has 0 aliphatic carbocycles. The lowest BCUT2D eigenvalue weighted by atomic mass is 10.4. The summed E-state index contributed by atoms with van der Waals surface area (Å²) in [6.07, 6.45) is 2.78. The zero-order chi connectivity index (χ0) is 10.8. The minimum atomic E-state index is 0.650. The Hall–Kier alpha value is -1.43. The highest BCUT2D eigenvalue weighted by atomic mass is 32.1. The van der Waals surface area contributed by atoms with E-state index in [0.717, 1.165) is 17.9 Å². The first-order valence-corrected chi connectivity index (χ1v) is 5.24. The standard InChI is InChI=1S/C9H13N5S/c1-3-8-10-11-9(15)14(8)6-7-4-5-13(2)12-7/h4-5H,3,6H2,1-2H3,(H,11,15). The average Bonchev–Trinajstić information content (AvgIpc) is 2.76. The number of nitrogens with one attached hydrogen (secondary N) is 1.